The Balaban J connectivity index is 1.55. The summed E-state index contributed by atoms with van der Waals surface area (Å²) in [6, 6.07) is 9.89. The van der Waals surface area contributed by atoms with E-state index >= 15 is 0 Å². The minimum absolute atomic E-state index is 0.144. The van der Waals surface area contributed by atoms with Crippen molar-refractivity contribution in [2.45, 2.75) is 20.4 Å². The van der Waals surface area contributed by atoms with E-state index in [2.05, 4.69) is 10.3 Å². The molecule has 28 heavy (non-hydrogen) atoms. The molecule has 1 aliphatic heterocycles. The number of amides is 2. The monoisotopic (exact) mass is 381 g/mol. The Morgan fingerprint density at radius 1 is 1.25 bits per heavy atom. The number of aryl methyl sites for hydroxylation is 2. The van der Waals surface area contributed by atoms with E-state index in [1.165, 1.54) is 11.0 Å². The summed E-state index contributed by atoms with van der Waals surface area (Å²) in [7, 11) is 0. The van der Waals surface area contributed by atoms with Gasteiger partial charge in [0.15, 0.2) is 0 Å². The van der Waals surface area contributed by atoms with E-state index in [0.29, 0.717) is 36.0 Å². The van der Waals surface area contributed by atoms with Crippen LogP contribution in [0.15, 0.2) is 47.1 Å². The summed E-state index contributed by atoms with van der Waals surface area (Å²) in [6.07, 6.45) is 1.59. The van der Waals surface area contributed by atoms with Crippen LogP contribution in [0.2, 0.25) is 0 Å². The van der Waals surface area contributed by atoms with E-state index in [4.69, 9.17) is 9.15 Å². The molecule has 4 rings (SSSR count). The molecule has 0 unspecified atom stereocenters. The van der Waals surface area contributed by atoms with Crippen LogP contribution in [0.5, 0.6) is 5.75 Å². The van der Waals surface area contributed by atoms with Gasteiger partial charge < -0.3 is 19.4 Å². The minimum Gasteiger partial charge on any atom is -0.491 e. The lowest BCUT2D eigenvalue weighted by Crippen LogP contribution is -2.36. The summed E-state index contributed by atoms with van der Waals surface area (Å²) in [5, 5.41) is 2.87. The van der Waals surface area contributed by atoms with Gasteiger partial charge >= 0.3 is 6.03 Å². The van der Waals surface area contributed by atoms with Crippen LogP contribution < -0.4 is 10.1 Å². The smallest absolute Gasteiger partial charge is 0.322 e. The second-order valence-electron chi connectivity index (χ2n) is 6.74. The fraction of sp³-hybridized carbons (Fsp3) is 0.238. The predicted octanol–water partition coefficient (Wildman–Crippen LogP) is 4.52. The van der Waals surface area contributed by atoms with E-state index in [1.54, 1.807) is 18.4 Å². The van der Waals surface area contributed by atoms with Crippen LogP contribution in [0.4, 0.5) is 14.9 Å². The van der Waals surface area contributed by atoms with Gasteiger partial charge in [0.25, 0.3) is 0 Å². The number of carbonyl (C=O) groups is 1. The number of hydrogen-bond donors (Lipinski definition) is 1. The summed E-state index contributed by atoms with van der Waals surface area (Å²) >= 11 is 0. The van der Waals surface area contributed by atoms with Crippen molar-refractivity contribution in [1.29, 1.82) is 0 Å². The van der Waals surface area contributed by atoms with E-state index in [0.717, 1.165) is 16.8 Å². The molecule has 1 N–H and O–H groups in total. The van der Waals surface area contributed by atoms with Gasteiger partial charge in [0, 0.05) is 16.8 Å². The topological polar surface area (TPSA) is 67.6 Å². The molecule has 0 bridgehead atoms. The molecule has 0 fully saturated rings. The largest absolute Gasteiger partial charge is 0.491 e. The van der Waals surface area contributed by atoms with Crippen molar-refractivity contribution in [3.05, 3.63) is 65.3 Å². The van der Waals surface area contributed by atoms with Gasteiger partial charge in [-0.25, -0.2) is 14.2 Å². The quantitative estimate of drug-likeness (QED) is 0.708. The normalized spacial score (nSPS) is 13.5. The van der Waals surface area contributed by atoms with Crippen LogP contribution in [0.25, 0.3) is 11.5 Å². The molecule has 0 atom stereocenters. The van der Waals surface area contributed by atoms with Gasteiger partial charge in [-0.15, -0.1) is 0 Å². The van der Waals surface area contributed by atoms with Crippen molar-refractivity contribution in [2.75, 3.05) is 18.5 Å². The molecule has 0 radical (unpaired) electrons. The summed E-state index contributed by atoms with van der Waals surface area (Å²) in [4.78, 5) is 18.7. The number of nitrogens with one attached hydrogen (secondary N) is 1. The predicted molar refractivity (Wildman–Crippen MR) is 103 cm³/mol. The van der Waals surface area contributed by atoms with Gasteiger partial charge in [0.2, 0.25) is 5.89 Å². The van der Waals surface area contributed by atoms with Gasteiger partial charge in [0.05, 0.1) is 18.8 Å². The number of benzene rings is 2. The van der Waals surface area contributed by atoms with E-state index in [-0.39, 0.29) is 18.4 Å². The fourth-order valence-electron chi connectivity index (χ4n) is 3.15. The first kappa shape index (κ1) is 18.0. The van der Waals surface area contributed by atoms with Gasteiger partial charge in [0.1, 0.15) is 24.4 Å². The summed E-state index contributed by atoms with van der Waals surface area (Å²) in [5.74, 6) is 0.603. The molecule has 7 heteroatoms. The number of carbonyl (C=O) groups excluding carboxylic acids is 1. The molecule has 1 aliphatic rings. The number of fused-ring (bicyclic) bond motifs is 1. The number of aromatic nitrogens is 1. The standard InChI is InChI=1S/C21H20FN3O3/c1-13-6-7-15(10-16(13)20-23-14(2)12-28-20)24-21(26)25-8-9-27-19-5-3-4-18(22)17(19)11-25/h3-7,10,12H,8-9,11H2,1-2H3,(H,24,26). The Bertz CT molecular complexity index is 1030. The van der Waals surface area contributed by atoms with Gasteiger partial charge in [-0.2, -0.15) is 0 Å². The van der Waals surface area contributed by atoms with Crippen LogP contribution in [-0.4, -0.2) is 29.1 Å². The number of halogens is 1. The number of ether oxygens (including phenoxy) is 1. The summed E-state index contributed by atoms with van der Waals surface area (Å²) in [6.45, 7) is 4.61. The molecule has 0 spiro atoms. The van der Waals surface area contributed by atoms with Crippen molar-refractivity contribution in [3.8, 4) is 17.2 Å². The summed E-state index contributed by atoms with van der Waals surface area (Å²) in [5.41, 5.74) is 3.57. The number of hydrogen-bond acceptors (Lipinski definition) is 4. The Morgan fingerprint density at radius 2 is 2.11 bits per heavy atom. The van der Waals surface area contributed by atoms with E-state index in [9.17, 15) is 9.18 Å². The van der Waals surface area contributed by atoms with Crippen molar-refractivity contribution < 1.29 is 18.3 Å². The van der Waals surface area contributed by atoms with Crippen molar-refractivity contribution in [2.24, 2.45) is 0 Å². The first-order valence-electron chi connectivity index (χ1n) is 9.00. The SMILES string of the molecule is Cc1coc(-c2cc(NC(=O)N3CCOc4cccc(F)c4C3)ccc2C)n1. The number of anilines is 1. The lowest BCUT2D eigenvalue weighted by atomic mass is 10.1. The van der Waals surface area contributed by atoms with E-state index in [1.807, 2.05) is 32.0 Å². The molecule has 144 valence electrons. The highest BCUT2D eigenvalue weighted by Gasteiger charge is 2.22. The highest BCUT2D eigenvalue weighted by Crippen LogP contribution is 2.28. The molecular weight excluding hydrogens is 361 g/mol. The third-order valence-corrected chi connectivity index (χ3v) is 4.67. The first-order chi connectivity index (χ1) is 13.5. The lowest BCUT2D eigenvalue weighted by Gasteiger charge is -2.21. The Labute approximate surface area is 161 Å². The lowest BCUT2D eigenvalue weighted by molar-refractivity contribution is 0.200. The second-order valence-corrected chi connectivity index (χ2v) is 6.74. The molecule has 2 aromatic carbocycles. The number of oxazole rings is 1. The maximum atomic E-state index is 14.1. The average molecular weight is 381 g/mol. The van der Waals surface area contributed by atoms with Crippen LogP contribution in [-0.2, 0) is 6.54 Å². The molecule has 6 nitrogen and oxygen atoms in total. The van der Waals surface area contributed by atoms with Crippen LogP contribution >= 0.6 is 0 Å². The van der Waals surface area contributed by atoms with Crippen LogP contribution in [0.3, 0.4) is 0 Å². The average Bonchev–Trinajstić information content (AvgIpc) is 2.97. The third-order valence-electron chi connectivity index (χ3n) is 4.67. The summed E-state index contributed by atoms with van der Waals surface area (Å²) < 4.78 is 25.2. The van der Waals surface area contributed by atoms with Gasteiger partial charge in [-0.3, -0.25) is 0 Å². The second kappa shape index (κ2) is 7.34. The first-order valence-corrected chi connectivity index (χ1v) is 9.00. The molecule has 0 saturated carbocycles. The van der Waals surface area contributed by atoms with Crippen LogP contribution in [0.1, 0.15) is 16.8 Å². The molecular formula is C21H20FN3O3. The molecule has 2 heterocycles. The highest BCUT2D eigenvalue weighted by molar-refractivity contribution is 5.90. The Hall–Kier alpha value is -3.35. The van der Waals surface area contributed by atoms with Gasteiger partial charge in [-0.1, -0.05) is 12.1 Å². The van der Waals surface area contributed by atoms with Crippen molar-refractivity contribution in [1.82, 2.24) is 9.88 Å². The molecule has 0 aliphatic carbocycles. The van der Waals surface area contributed by atoms with Gasteiger partial charge in [-0.05, 0) is 43.7 Å². The number of rotatable bonds is 2. The van der Waals surface area contributed by atoms with Crippen LogP contribution in [0, 0.1) is 19.7 Å². The Morgan fingerprint density at radius 3 is 2.89 bits per heavy atom. The molecule has 0 saturated heterocycles. The van der Waals surface area contributed by atoms with Crippen molar-refractivity contribution in [3.63, 3.8) is 0 Å². The molecule has 1 aromatic heterocycles. The third kappa shape index (κ3) is 3.55. The zero-order valence-electron chi connectivity index (χ0n) is 15.7. The maximum absolute atomic E-state index is 14.1. The molecule has 2 amide bonds. The number of urea groups is 1. The highest BCUT2D eigenvalue weighted by atomic mass is 19.1. The zero-order valence-corrected chi connectivity index (χ0v) is 15.7. The Kier molecular flexibility index (Phi) is 4.73. The molecule has 3 aromatic rings. The zero-order chi connectivity index (χ0) is 19.7. The van der Waals surface area contributed by atoms with Crippen molar-refractivity contribution >= 4 is 11.7 Å². The fourth-order valence-corrected chi connectivity index (χ4v) is 3.15. The minimum atomic E-state index is -0.380. The maximum Gasteiger partial charge on any atom is 0.322 e. The number of nitrogens with zero attached hydrogens (tertiary/aromatic N) is 2. The van der Waals surface area contributed by atoms with E-state index < -0.39 is 0 Å².